The molecule has 92 valence electrons. The van der Waals surface area contributed by atoms with Gasteiger partial charge < -0.3 is 15.4 Å². The number of aromatic amines is 1. The number of carboxylic acid groups (broad SMARTS) is 1. The Bertz CT molecular complexity index is 402. The van der Waals surface area contributed by atoms with Crippen LogP contribution in [0.3, 0.4) is 0 Å². The maximum absolute atomic E-state index is 11.8. The number of rotatable bonds is 4. The molecule has 17 heavy (non-hydrogen) atoms. The van der Waals surface area contributed by atoms with E-state index in [-0.39, 0.29) is 12.3 Å². The van der Waals surface area contributed by atoms with Crippen molar-refractivity contribution in [3.63, 3.8) is 0 Å². The number of H-pyrrole nitrogens is 1. The highest BCUT2D eigenvalue weighted by atomic mass is 16.4. The molecule has 0 spiro atoms. The third-order valence-corrected chi connectivity index (χ3v) is 2.82. The van der Waals surface area contributed by atoms with Crippen molar-refractivity contribution >= 4 is 11.8 Å². The summed E-state index contributed by atoms with van der Waals surface area (Å²) in [5.41, 5.74) is 0.565. The standard InChI is InChI=1S/C11H15N3O3/c15-10(8-2-1-3-12-8)7-14-5-4-13-9(6-14)11(16)17/h1-3,9,12-13H,4-7H2,(H,16,17)/t9-/m0/s1. The van der Waals surface area contributed by atoms with Crippen molar-refractivity contribution in [2.24, 2.45) is 0 Å². The summed E-state index contributed by atoms with van der Waals surface area (Å²) >= 11 is 0. The Hall–Kier alpha value is -1.66. The van der Waals surface area contributed by atoms with Crippen LogP contribution in [0.15, 0.2) is 18.3 Å². The molecule has 0 aliphatic carbocycles. The topological polar surface area (TPSA) is 85.4 Å². The summed E-state index contributed by atoms with van der Waals surface area (Å²) in [6.07, 6.45) is 1.70. The summed E-state index contributed by atoms with van der Waals surface area (Å²) in [6, 6.07) is 2.91. The van der Waals surface area contributed by atoms with Gasteiger partial charge in [-0.1, -0.05) is 0 Å². The van der Waals surface area contributed by atoms with Crippen molar-refractivity contribution in [3.8, 4) is 0 Å². The number of nitrogens with zero attached hydrogens (tertiary/aromatic N) is 1. The Morgan fingerprint density at radius 1 is 1.53 bits per heavy atom. The minimum atomic E-state index is -0.873. The third kappa shape index (κ3) is 2.92. The lowest BCUT2D eigenvalue weighted by Crippen LogP contribution is -2.55. The average molecular weight is 237 g/mol. The molecule has 2 rings (SSSR count). The van der Waals surface area contributed by atoms with Crippen molar-refractivity contribution in [3.05, 3.63) is 24.0 Å². The van der Waals surface area contributed by atoms with E-state index in [0.717, 1.165) is 0 Å². The summed E-state index contributed by atoms with van der Waals surface area (Å²) in [4.78, 5) is 27.4. The van der Waals surface area contributed by atoms with Crippen LogP contribution < -0.4 is 5.32 Å². The van der Waals surface area contributed by atoms with Crippen LogP contribution in [0.1, 0.15) is 10.5 Å². The molecule has 0 radical (unpaired) electrons. The van der Waals surface area contributed by atoms with Crippen molar-refractivity contribution in [2.75, 3.05) is 26.2 Å². The lowest BCUT2D eigenvalue weighted by molar-refractivity contribution is -0.140. The van der Waals surface area contributed by atoms with Crippen molar-refractivity contribution in [2.45, 2.75) is 6.04 Å². The van der Waals surface area contributed by atoms with E-state index in [2.05, 4.69) is 10.3 Å². The van der Waals surface area contributed by atoms with Crippen LogP contribution in [0.5, 0.6) is 0 Å². The highest BCUT2D eigenvalue weighted by molar-refractivity contribution is 5.95. The van der Waals surface area contributed by atoms with E-state index in [0.29, 0.717) is 25.3 Å². The number of hydrogen-bond acceptors (Lipinski definition) is 4. The molecule has 1 saturated heterocycles. The van der Waals surface area contributed by atoms with Crippen LogP contribution in [0.2, 0.25) is 0 Å². The van der Waals surface area contributed by atoms with E-state index >= 15 is 0 Å². The quantitative estimate of drug-likeness (QED) is 0.618. The number of Topliss-reactive ketones (excluding diaryl/α,β-unsaturated/α-hetero) is 1. The molecule has 1 atom stereocenters. The second kappa shape index (κ2) is 5.11. The zero-order chi connectivity index (χ0) is 12.3. The number of carbonyl (C=O) groups is 2. The summed E-state index contributed by atoms with van der Waals surface area (Å²) < 4.78 is 0. The molecule has 0 bridgehead atoms. The summed E-state index contributed by atoms with van der Waals surface area (Å²) in [7, 11) is 0. The number of aliphatic carboxylic acids is 1. The fourth-order valence-corrected chi connectivity index (χ4v) is 1.91. The minimum absolute atomic E-state index is 0.0129. The lowest BCUT2D eigenvalue weighted by atomic mass is 10.2. The van der Waals surface area contributed by atoms with Crippen LogP contribution in [0.25, 0.3) is 0 Å². The predicted octanol–water partition coefficient (Wildman–Crippen LogP) is -0.444. The van der Waals surface area contributed by atoms with Gasteiger partial charge in [0.1, 0.15) is 6.04 Å². The van der Waals surface area contributed by atoms with Gasteiger partial charge in [-0.15, -0.1) is 0 Å². The van der Waals surface area contributed by atoms with E-state index in [9.17, 15) is 9.59 Å². The molecule has 6 heteroatoms. The molecule has 6 nitrogen and oxygen atoms in total. The van der Waals surface area contributed by atoms with Crippen LogP contribution in [-0.2, 0) is 4.79 Å². The van der Waals surface area contributed by atoms with E-state index in [1.165, 1.54) is 0 Å². The van der Waals surface area contributed by atoms with Gasteiger partial charge in [-0.3, -0.25) is 14.5 Å². The van der Waals surface area contributed by atoms with Gasteiger partial charge in [-0.25, -0.2) is 0 Å². The molecule has 1 aromatic rings. The molecule has 2 heterocycles. The van der Waals surface area contributed by atoms with Gasteiger partial charge in [-0.05, 0) is 12.1 Å². The second-order valence-electron chi connectivity index (χ2n) is 4.09. The Morgan fingerprint density at radius 2 is 2.35 bits per heavy atom. The second-order valence-corrected chi connectivity index (χ2v) is 4.09. The summed E-state index contributed by atoms with van der Waals surface area (Å²) in [5.74, 6) is -0.886. The Kier molecular flexibility index (Phi) is 3.55. The van der Waals surface area contributed by atoms with Crippen molar-refractivity contribution in [1.29, 1.82) is 0 Å². The molecule has 1 aliphatic rings. The van der Waals surface area contributed by atoms with Gasteiger partial charge in [0.2, 0.25) is 0 Å². The Balaban J connectivity index is 1.91. The van der Waals surface area contributed by atoms with E-state index in [4.69, 9.17) is 5.11 Å². The van der Waals surface area contributed by atoms with Gasteiger partial charge >= 0.3 is 5.97 Å². The number of aromatic nitrogens is 1. The average Bonchev–Trinajstić information content (AvgIpc) is 2.82. The first-order valence-corrected chi connectivity index (χ1v) is 5.52. The van der Waals surface area contributed by atoms with E-state index < -0.39 is 12.0 Å². The maximum atomic E-state index is 11.8. The summed E-state index contributed by atoms with van der Waals surface area (Å²) in [6.45, 7) is 1.90. The predicted molar refractivity (Wildman–Crippen MR) is 61.0 cm³/mol. The van der Waals surface area contributed by atoms with Crippen LogP contribution in [0.4, 0.5) is 0 Å². The largest absolute Gasteiger partial charge is 0.480 e. The molecular formula is C11H15N3O3. The number of piperazine rings is 1. The molecule has 0 aromatic carbocycles. The van der Waals surface area contributed by atoms with Crippen molar-refractivity contribution < 1.29 is 14.7 Å². The molecule has 1 fully saturated rings. The van der Waals surface area contributed by atoms with Crippen LogP contribution in [-0.4, -0.2) is 59.0 Å². The molecular weight excluding hydrogens is 222 g/mol. The fraction of sp³-hybridized carbons (Fsp3) is 0.455. The minimum Gasteiger partial charge on any atom is -0.480 e. The van der Waals surface area contributed by atoms with E-state index in [1.54, 1.807) is 18.3 Å². The van der Waals surface area contributed by atoms with Gasteiger partial charge in [-0.2, -0.15) is 0 Å². The van der Waals surface area contributed by atoms with E-state index in [1.807, 2.05) is 4.90 Å². The molecule has 0 amide bonds. The number of nitrogens with one attached hydrogen (secondary N) is 2. The van der Waals surface area contributed by atoms with Gasteiger partial charge in [0, 0.05) is 25.8 Å². The van der Waals surface area contributed by atoms with Gasteiger partial charge in [0.25, 0.3) is 0 Å². The molecule has 1 aromatic heterocycles. The number of ketones is 1. The van der Waals surface area contributed by atoms with Gasteiger partial charge in [0.05, 0.1) is 12.2 Å². The molecule has 0 saturated carbocycles. The van der Waals surface area contributed by atoms with Crippen LogP contribution in [0, 0.1) is 0 Å². The molecule has 0 unspecified atom stereocenters. The third-order valence-electron chi connectivity index (χ3n) is 2.82. The highest BCUT2D eigenvalue weighted by Crippen LogP contribution is 2.03. The first-order valence-electron chi connectivity index (χ1n) is 5.52. The lowest BCUT2D eigenvalue weighted by Gasteiger charge is -2.30. The zero-order valence-electron chi connectivity index (χ0n) is 9.35. The van der Waals surface area contributed by atoms with Crippen LogP contribution >= 0.6 is 0 Å². The normalized spacial score (nSPS) is 21.3. The number of carbonyl (C=O) groups excluding carboxylic acids is 1. The smallest absolute Gasteiger partial charge is 0.322 e. The highest BCUT2D eigenvalue weighted by Gasteiger charge is 2.26. The number of hydrogen-bond donors (Lipinski definition) is 3. The fourth-order valence-electron chi connectivity index (χ4n) is 1.91. The monoisotopic (exact) mass is 237 g/mol. The first kappa shape index (κ1) is 11.8. The van der Waals surface area contributed by atoms with Gasteiger partial charge in [0.15, 0.2) is 5.78 Å². The Morgan fingerprint density at radius 3 is 3.00 bits per heavy atom. The zero-order valence-corrected chi connectivity index (χ0v) is 9.35. The first-order chi connectivity index (χ1) is 8.16. The maximum Gasteiger partial charge on any atom is 0.322 e. The van der Waals surface area contributed by atoms with Crippen molar-refractivity contribution in [1.82, 2.24) is 15.2 Å². The summed E-state index contributed by atoms with van der Waals surface area (Å²) in [5, 5.41) is 11.8. The molecule has 1 aliphatic heterocycles. The molecule has 3 N–H and O–H groups in total. The Labute approximate surface area is 98.6 Å². The number of carboxylic acids is 1. The SMILES string of the molecule is O=C(CN1CCN[C@H](C(=O)O)C1)c1ccc[nH]1.